The molecule has 0 atom stereocenters. The summed E-state index contributed by atoms with van der Waals surface area (Å²) in [4.78, 5) is 0. The molecule has 0 aliphatic heterocycles. The number of aromatic nitrogens is 4. The first-order valence-electron chi connectivity index (χ1n) is 5.75. The Bertz CT molecular complexity index is 539. The van der Waals surface area contributed by atoms with Crippen LogP contribution in [0.15, 0.2) is 6.07 Å². The molecule has 0 saturated carbocycles. The fourth-order valence-electron chi connectivity index (χ4n) is 1.98. The molecule has 92 valence electrons. The van der Waals surface area contributed by atoms with Crippen molar-refractivity contribution < 1.29 is 0 Å². The summed E-state index contributed by atoms with van der Waals surface area (Å²) in [5, 5.41) is 9.02. The van der Waals surface area contributed by atoms with Gasteiger partial charge in [0.05, 0.1) is 27.2 Å². The molecule has 0 saturated heterocycles. The zero-order valence-electron chi connectivity index (χ0n) is 10.7. The average molecular weight is 344 g/mol. The predicted octanol–water partition coefficient (Wildman–Crippen LogP) is 2.68. The topological polar surface area (TPSA) is 35.6 Å². The molecule has 0 aliphatic rings. The first-order chi connectivity index (χ1) is 8.02. The van der Waals surface area contributed by atoms with Gasteiger partial charge in [0.1, 0.15) is 0 Å². The maximum atomic E-state index is 4.56. The summed E-state index contributed by atoms with van der Waals surface area (Å²) >= 11 is 2.35. The number of hydrogen-bond donors (Lipinski definition) is 0. The molecule has 4 nitrogen and oxygen atoms in total. The van der Waals surface area contributed by atoms with Crippen LogP contribution in [-0.2, 0) is 13.1 Å². The van der Waals surface area contributed by atoms with E-state index in [1.165, 1.54) is 15.0 Å². The number of halogens is 1. The van der Waals surface area contributed by atoms with Gasteiger partial charge in [0, 0.05) is 12.2 Å². The van der Waals surface area contributed by atoms with Crippen molar-refractivity contribution >= 4 is 22.6 Å². The normalized spacial score (nSPS) is 11.1. The van der Waals surface area contributed by atoms with E-state index in [2.05, 4.69) is 57.4 Å². The molecule has 0 bridgehead atoms. The molecule has 2 aromatic rings. The standard InChI is InChI=1S/C12H17IN4/c1-5-16-11(6-8(2)14-16)7-17-10(4)12(13)9(3)15-17/h6H,5,7H2,1-4H3. The minimum Gasteiger partial charge on any atom is -0.268 e. The molecule has 2 aromatic heterocycles. The predicted molar refractivity (Wildman–Crippen MR) is 76.2 cm³/mol. The van der Waals surface area contributed by atoms with Crippen LogP contribution in [0.2, 0.25) is 0 Å². The van der Waals surface area contributed by atoms with Crippen LogP contribution >= 0.6 is 22.6 Å². The highest BCUT2D eigenvalue weighted by Gasteiger charge is 2.11. The third-order valence-corrected chi connectivity index (χ3v) is 4.45. The summed E-state index contributed by atoms with van der Waals surface area (Å²) in [5.74, 6) is 0. The Labute approximate surface area is 115 Å². The third kappa shape index (κ3) is 2.38. The molecular formula is C12H17IN4. The number of rotatable bonds is 3. The van der Waals surface area contributed by atoms with E-state index in [1.807, 2.05) is 18.5 Å². The molecule has 0 fully saturated rings. The lowest BCUT2D eigenvalue weighted by atomic mass is 10.3. The van der Waals surface area contributed by atoms with Crippen LogP contribution in [0.4, 0.5) is 0 Å². The molecular weight excluding hydrogens is 327 g/mol. The van der Waals surface area contributed by atoms with Gasteiger partial charge in [-0.3, -0.25) is 9.36 Å². The van der Waals surface area contributed by atoms with E-state index in [-0.39, 0.29) is 0 Å². The third-order valence-electron chi connectivity index (χ3n) is 2.89. The molecule has 0 unspecified atom stereocenters. The lowest BCUT2D eigenvalue weighted by Crippen LogP contribution is -2.10. The largest absolute Gasteiger partial charge is 0.268 e. The summed E-state index contributed by atoms with van der Waals surface area (Å²) in [7, 11) is 0. The fraction of sp³-hybridized carbons (Fsp3) is 0.500. The first kappa shape index (κ1) is 12.6. The highest BCUT2D eigenvalue weighted by molar-refractivity contribution is 14.1. The van der Waals surface area contributed by atoms with E-state index < -0.39 is 0 Å². The Morgan fingerprint density at radius 2 is 1.88 bits per heavy atom. The van der Waals surface area contributed by atoms with Crippen molar-refractivity contribution in [2.45, 2.75) is 40.8 Å². The summed E-state index contributed by atoms with van der Waals surface area (Å²) in [6.45, 7) is 10.0. The zero-order valence-corrected chi connectivity index (χ0v) is 12.8. The van der Waals surface area contributed by atoms with Gasteiger partial charge in [-0.2, -0.15) is 10.2 Å². The zero-order chi connectivity index (χ0) is 12.6. The van der Waals surface area contributed by atoms with Gasteiger partial charge in [0.2, 0.25) is 0 Å². The maximum Gasteiger partial charge on any atom is 0.0831 e. The number of aryl methyl sites for hydroxylation is 3. The Hall–Kier alpha value is -0.850. The minimum absolute atomic E-state index is 0.796. The van der Waals surface area contributed by atoms with Crippen molar-refractivity contribution in [1.29, 1.82) is 0 Å². The van der Waals surface area contributed by atoms with E-state index in [1.54, 1.807) is 0 Å². The van der Waals surface area contributed by atoms with E-state index >= 15 is 0 Å². The molecule has 0 aliphatic carbocycles. The van der Waals surface area contributed by atoms with Crippen molar-refractivity contribution in [3.8, 4) is 0 Å². The Morgan fingerprint density at radius 3 is 2.41 bits per heavy atom. The van der Waals surface area contributed by atoms with Gasteiger partial charge >= 0.3 is 0 Å². The molecule has 2 rings (SSSR count). The minimum atomic E-state index is 0.796. The summed E-state index contributed by atoms with van der Waals surface area (Å²) in [5.41, 5.74) is 4.61. The lowest BCUT2D eigenvalue weighted by Gasteiger charge is -2.06. The van der Waals surface area contributed by atoms with Crippen LogP contribution in [0.3, 0.4) is 0 Å². The van der Waals surface area contributed by atoms with Crippen LogP contribution in [0.25, 0.3) is 0 Å². The van der Waals surface area contributed by atoms with Gasteiger partial charge in [0.15, 0.2) is 0 Å². The first-order valence-corrected chi connectivity index (χ1v) is 6.83. The van der Waals surface area contributed by atoms with Crippen molar-refractivity contribution in [2.24, 2.45) is 0 Å². The summed E-state index contributed by atoms with van der Waals surface area (Å²) in [6.07, 6.45) is 0. The molecule has 2 heterocycles. The molecule has 0 spiro atoms. The van der Waals surface area contributed by atoms with Crippen molar-refractivity contribution in [1.82, 2.24) is 19.6 Å². The van der Waals surface area contributed by atoms with E-state index in [0.717, 1.165) is 24.5 Å². The van der Waals surface area contributed by atoms with Crippen molar-refractivity contribution in [2.75, 3.05) is 0 Å². The molecule has 17 heavy (non-hydrogen) atoms. The van der Waals surface area contributed by atoms with Gasteiger partial charge in [-0.05, 0) is 56.4 Å². The fourth-order valence-corrected chi connectivity index (χ4v) is 2.37. The summed E-state index contributed by atoms with van der Waals surface area (Å²) in [6, 6.07) is 2.13. The van der Waals surface area contributed by atoms with Gasteiger partial charge in [-0.25, -0.2) is 0 Å². The van der Waals surface area contributed by atoms with E-state index in [0.29, 0.717) is 0 Å². The van der Waals surface area contributed by atoms with Crippen molar-refractivity contribution in [3.05, 3.63) is 32.4 Å². The monoisotopic (exact) mass is 344 g/mol. The quantitative estimate of drug-likeness (QED) is 0.803. The van der Waals surface area contributed by atoms with Crippen LogP contribution in [0.1, 0.15) is 29.7 Å². The summed E-state index contributed by atoms with van der Waals surface area (Å²) < 4.78 is 5.35. The van der Waals surface area contributed by atoms with Crippen molar-refractivity contribution in [3.63, 3.8) is 0 Å². The average Bonchev–Trinajstić information content (AvgIpc) is 2.76. The van der Waals surface area contributed by atoms with Gasteiger partial charge in [-0.15, -0.1) is 0 Å². The highest BCUT2D eigenvalue weighted by atomic mass is 127. The van der Waals surface area contributed by atoms with Gasteiger partial charge in [0.25, 0.3) is 0 Å². The molecule has 0 radical (unpaired) electrons. The van der Waals surface area contributed by atoms with Crippen LogP contribution in [0, 0.1) is 24.3 Å². The van der Waals surface area contributed by atoms with Gasteiger partial charge < -0.3 is 0 Å². The second-order valence-electron chi connectivity index (χ2n) is 4.24. The maximum absolute atomic E-state index is 4.56. The number of nitrogens with zero attached hydrogens (tertiary/aromatic N) is 4. The number of hydrogen-bond acceptors (Lipinski definition) is 2. The van der Waals surface area contributed by atoms with Crippen LogP contribution < -0.4 is 0 Å². The Morgan fingerprint density at radius 1 is 1.18 bits per heavy atom. The Kier molecular flexibility index (Phi) is 3.56. The van der Waals surface area contributed by atoms with E-state index in [9.17, 15) is 0 Å². The SMILES string of the molecule is CCn1nc(C)cc1Cn1nc(C)c(I)c1C. The second kappa shape index (κ2) is 4.80. The van der Waals surface area contributed by atoms with Crippen LogP contribution in [0.5, 0.6) is 0 Å². The smallest absolute Gasteiger partial charge is 0.0831 e. The highest BCUT2D eigenvalue weighted by Crippen LogP contribution is 2.16. The lowest BCUT2D eigenvalue weighted by molar-refractivity contribution is 0.566. The molecule has 5 heteroatoms. The van der Waals surface area contributed by atoms with Gasteiger partial charge in [-0.1, -0.05) is 0 Å². The molecule has 0 aromatic carbocycles. The van der Waals surface area contributed by atoms with Crippen LogP contribution in [-0.4, -0.2) is 19.6 Å². The Balaban J connectivity index is 2.34. The second-order valence-corrected chi connectivity index (χ2v) is 5.31. The molecule has 0 N–H and O–H groups in total. The molecule has 0 amide bonds. The van der Waals surface area contributed by atoms with E-state index in [4.69, 9.17) is 0 Å².